The van der Waals surface area contributed by atoms with E-state index in [1.54, 1.807) is 0 Å². The first-order valence-corrected chi connectivity index (χ1v) is 15.6. The van der Waals surface area contributed by atoms with Crippen LogP contribution in [0.5, 0.6) is 0 Å². The zero-order chi connectivity index (χ0) is 24.2. The normalized spacial score (nSPS) is 11.1. The molecule has 0 aliphatic carbocycles. The summed E-state index contributed by atoms with van der Waals surface area (Å²) in [6.07, 6.45) is 0. The molecule has 0 amide bonds. The molecule has 0 aliphatic rings. The molecule has 0 heterocycles. The Morgan fingerprint density at radius 1 is 0.553 bits per heavy atom. The summed E-state index contributed by atoms with van der Waals surface area (Å²) in [7, 11) is -1.93. The predicted molar refractivity (Wildman–Crippen MR) is 170 cm³/mol. The molecule has 0 saturated carbocycles. The third-order valence-corrected chi connectivity index (χ3v) is 11.2. The van der Waals surface area contributed by atoms with Gasteiger partial charge in [0.1, 0.15) is 0 Å². The van der Waals surface area contributed by atoms with Gasteiger partial charge < -0.3 is 14.9 Å². The second-order valence-corrected chi connectivity index (χ2v) is 15.0. The van der Waals surface area contributed by atoms with Crippen molar-refractivity contribution in [2.45, 2.75) is 13.1 Å². The van der Waals surface area contributed by atoms with Crippen LogP contribution in [0.15, 0.2) is 109 Å². The molecule has 0 aromatic heterocycles. The average Bonchev–Trinajstić information content (AvgIpc) is 3.50. The van der Waals surface area contributed by atoms with Crippen LogP contribution >= 0.6 is 23.2 Å². The Morgan fingerprint density at radius 2 is 0.921 bits per heavy atom. The summed E-state index contributed by atoms with van der Waals surface area (Å²) >= 11 is 12.3. The van der Waals surface area contributed by atoms with Crippen molar-refractivity contribution in [3.63, 3.8) is 0 Å². The molecule has 0 fully saturated rings. The fourth-order valence-corrected chi connectivity index (χ4v) is 7.75. The van der Waals surface area contributed by atoms with Crippen molar-refractivity contribution >= 4 is 63.2 Å². The zero-order valence-corrected chi connectivity index (χ0v) is 28.3. The van der Waals surface area contributed by atoms with E-state index in [1.165, 1.54) is 54.2 Å². The van der Waals surface area contributed by atoms with Crippen LogP contribution in [0.1, 0.15) is 0 Å². The fourth-order valence-electron chi connectivity index (χ4n) is 5.12. The van der Waals surface area contributed by atoms with E-state index < -0.39 is 8.07 Å². The summed E-state index contributed by atoms with van der Waals surface area (Å²) in [4.78, 5) is 0. The second kappa shape index (κ2) is 11.9. The largest absolute Gasteiger partial charge is 4.00 e. The Hall–Kier alpha value is -2.23. The Bertz CT molecular complexity index is 1550. The van der Waals surface area contributed by atoms with Crippen molar-refractivity contribution in [3.8, 4) is 22.3 Å². The van der Waals surface area contributed by atoms with E-state index in [0.29, 0.717) is 0 Å². The maximum atomic E-state index is 6.14. The van der Waals surface area contributed by atoms with Gasteiger partial charge >= 0.3 is 25.8 Å². The van der Waals surface area contributed by atoms with E-state index in [0.717, 1.165) is 10.0 Å². The van der Waals surface area contributed by atoms with Crippen LogP contribution in [0.3, 0.4) is 0 Å². The van der Waals surface area contributed by atoms with Crippen molar-refractivity contribution in [3.05, 3.63) is 134 Å². The van der Waals surface area contributed by atoms with Gasteiger partial charge in [0.25, 0.3) is 0 Å². The molecule has 0 aliphatic heterocycles. The van der Waals surface area contributed by atoms with Gasteiger partial charge in [0, 0.05) is 10.0 Å². The van der Waals surface area contributed by atoms with Gasteiger partial charge in [-0.2, -0.15) is 12.1 Å². The van der Waals surface area contributed by atoms with Gasteiger partial charge in [-0.1, -0.05) is 83.8 Å². The van der Waals surface area contributed by atoms with E-state index >= 15 is 0 Å². The summed E-state index contributed by atoms with van der Waals surface area (Å²) < 4.78 is 0. The molecule has 6 rings (SSSR count). The van der Waals surface area contributed by atoms with Gasteiger partial charge in [-0.15, -0.1) is 68.3 Å². The summed E-state index contributed by atoms with van der Waals surface area (Å²) in [5.74, 6) is 0. The van der Waals surface area contributed by atoms with Gasteiger partial charge in [-0.05, 0) is 35.4 Å². The van der Waals surface area contributed by atoms with Gasteiger partial charge in [0.15, 0.2) is 0 Å². The molecule has 0 nitrogen and oxygen atoms in total. The SMILES string of the molecule is C[Si](C)(c1cc2c(-c3ccc(Cl)cc3)cccc2[cH-]1)c1cc2c(-c3ccc(Cl)cc3)cccc2[cH-]1.[CH3-].[CH3-].[Hf+4]. The van der Waals surface area contributed by atoms with E-state index in [2.05, 4.69) is 98.0 Å². The molecule has 0 atom stereocenters. The van der Waals surface area contributed by atoms with Crippen molar-refractivity contribution < 1.29 is 25.8 Å². The Morgan fingerprint density at radius 3 is 1.29 bits per heavy atom. The minimum absolute atomic E-state index is 0. The van der Waals surface area contributed by atoms with Crippen LogP contribution < -0.4 is 10.4 Å². The summed E-state index contributed by atoms with van der Waals surface area (Å²) in [5, 5.41) is 9.65. The monoisotopic (exact) mass is 716 g/mol. The minimum atomic E-state index is -1.93. The number of halogens is 2. The number of rotatable bonds is 4. The molecular formula is C34H30Cl2HfSi. The standard InChI is InChI=1S/C32H24Cl2Si.2CH3.Hf/c1-35(2,27-17-23-5-3-7-29(31(23)19-27)21-9-13-25(33)14-10-21)28-18-24-6-4-8-30(32(24)20-28)22-11-15-26(34)16-12-22;;;/h3-20H,1-2H3;2*1H3;/q-2;2*-1;+4. The number of benzene rings is 4. The molecular weight excluding hydrogens is 686 g/mol. The molecule has 0 saturated heterocycles. The molecule has 188 valence electrons. The molecule has 0 unspecified atom stereocenters. The maximum Gasteiger partial charge on any atom is 4.00 e. The summed E-state index contributed by atoms with van der Waals surface area (Å²) in [5.41, 5.74) is 4.91. The quantitative estimate of drug-likeness (QED) is 0.126. The first-order chi connectivity index (χ1) is 16.9. The number of hydrogen-bond acceptors (Lipinski definition) is 0. The first kappa shape index (κ1) is 30.3. The molecule has 0 spiro atoms. The fraction of sp³-hybridized carbons (Fsp3) is 0.0588. The van der Waals surface area contributed by atoms with Crippen LogP contribution in [-0.2, 0) is 25.8 Å². The number of hydrogen-bond donors (Lipinski definition) is 0. The summed E-state index contributed by atoms with van der Waals surface area (Å²) in [6.45, 7) is 4.92. The molecule has 0 N–H and O–H groups in total. The average molecular weight is 716 g/mol. The Labute approximate surface area is 256 Å². The van der Waals surface area contributed by atoms with E-state index in [9.17, 15) is 0 Å². The molecule has 4 heteroatoms. The Kier molecular flexibility index (Phi) is 9.48. The summed E-state index contributed by atoms with van der Waals surface area (Å²) in [6, 6.07) is 39.1. The molecule has 0 bridgehead atoms. The van der Waals surface area contributed by atoms with Crippen LogP contribution in [0.25, 0.3) is 43.8 Å². The van der Waals surface area contributed by atoms with Crippen LogP contribution in [0.4, 0.5) is 0 Å². The van der Waals surface area contributed by atoms with Gasteiger partial charge in [0.2, 0.25) is 0 Å². The van der Waals surface area contributed by atoms with Gasteiger partial charge in [-0.3, -0.25) is 0 Å². The molecule has 6 aromatic carbocycles. The first-order valence-electron chi connectivity index (χ1n) is 11.8. The van der Waals surface area contributed by atoms with Crippen molar-refractivity contribution in [2.24, 2.45) is 0 Å². The molecule has 6 aromatic rings. The predicted octanol–water partition coefficient (Wildman–Crippen LogP) is 9.79. The van der Waals surface area contributed by atoms with Crippen LogP contribution in [0.2, 0.25) is 23.1 Å². The maximum absolute atomic E-state index is 6.14. The van der Waals surface area contributed by atoms with Crippen molar-refractivity contribution in [2.75, 3.05) is 0 Å². The Balaban J connectivity index is 0.00000133. The van der Waals surface area contributed by atoms with E-state index in [4.69, 9.17) is 23.2 Å². The molecule has 38 heavy (non-hydrogen) atoms. The smallest absolute Gasteiger partial charge is 0.358 e. The van der Waals surface area contributed by atoms with Crippen LogP contribution in [-0.4, -0.2) is 8.07 Å². The van der Waals surface area contributed by atoms with Crippen LogP contribution in [0, 0.1) is 14.9 Å². The van der Waals surface area contributed by atoms with Crippen molar-refractivity contribution in [1.82, 2.24) is 0 Å². The van der Waals surface area contributed by atoms with E-state index in [-0.39, 0.29) is 40.7 Å². The topological polar surface area (TPSA) is 0 Å². The number of fused-ring (bicyclic) bond motifs is 2. The van der Waals surface area contributed by atoms with Gasteiger partial charge in [-0.25, -0.2) is 0 Å². The zero-order valence-electron chi connectivity index (χ0n) is 22.1. The third-order valence-electron chi connectivity index (χ3n) is 7.26. The minimum Gasteiger partial charge on any atom is -0.358 e. The molecule has 0 radical (unpaired) electrons. The van der Waals surface area contributed by atoms with Crippen molar-refractivity contribution in [1.29, 1.82) is 0 Å². The van der Waals surface area contributed by atoms with Gasteiger partial charge in [0.05, 0.1) is 8.07 Å². The van der Waals surface area contributed by atoms with E-state index in [1.807, 2.05) is 24.3 Å². The third kappa shape index (κ3) is 5.42. The second-order valence-electron chi connectivity index (χ2n) is 9.74.